The van der Waals surface area contributed by atoms with Gasteiger partial charge in [-0.25, -0.2) is 8.78 Å². The van der Waals surface area contributed by atoms with E-state index in [1.807, 2.05) is 0 Å². The zero-order valence-electron chi connectivity index (χ0n) is 8.05. The zero-order chi connectivity index (χ0) is 10.2. The third kappa shape index (κ3) is 2.03. The van der Waals surface area contributed by atoms with Gasteiger partial charge in [0.15, 0.2) is 0 Å². The van der Waals surface area contributed by atoms with Crippen LogP contribution >= 0.6 is 0 Å². The molecule has 2 fully saturated rings. The van der Waals surface area contributed by atoms with Crippen molar-refractivity contribution in [2.75, 3.05) is 19.6 Å². The maximum absolute atomic E-state index is 12.5. The fourth-order valence-corrected chi connectivity index (χ4v) is 2.06. The van der Waals surface area contributed by atoms with Crippen LogP contribution < -0.4 is 0 Å². The summed E-state index contributed by atoms with van der Waals surface area (Å²) in [6.07, 6.45) is 1.56. The van der Waals surface area contributed by atoms with Crippen LogP contribution in [-0.4, -0.2) is 30.5 Å². The fourth-order valence-electron chi connectivity index (χ4n) is 2.06. The Morgan fingerprint density at radius 3 is 2.71 bits per heavy atom. The van der Waals surface area contributed by atoms with Crippen molar-refractivity contribution in [2.24, 2.45) is 11.8 Å². The van der Waals surface area contributed by atoms with Crippen LogP contribution in [0.2, 0.25) is 0 Å². The van der Waals surface area contributed by atoms with Gasteiger partial charge in [0.05, 0.1) is 12.0 Å². The smallest absolute Gasteiger partial charge is 0.251 e. The molecular formula is C10H14F2N2. The van der Waals surface area contributed by atoms with E-state index in [1.165, 1.54) is 0 Å². The van der Waals surface area contributed by atoms with Crippen LogP contribution in [0, 0.1) is 23.2 Å². The highest BCUT2D eigenvalue weighted by atomic mass is 19.3. The van der Waals surface area contributed by atoms with Crippen molar-refractivity contribution in [3.05, 3.63) is 0 Å². The van der Waals surface area contributed by atoms with Crippen molar-refractivity contribution >= 4 is 0 Å². The number of halogens is 2. The maximum atomic E-state index is 12.5. The molecule has 2 nitrogen and oxygen atoms in total. The summed E-state index contributed by atoms with van der Waals surface area (Å²) in [5.74, 6) is -2.65. The Morgan fingerprint density at radius 1 is 1.50 bits per heavy atom. The molecule has 0 N–H and O–H groups in total. The minimum Gasteiger partial charge on any atom is -0.302 e. The topological polar surface area (TPSA) is 27.0 Å². The van der Waals surface area contributed by atoms with Crippen LogP contribution in [0.15, 0.2) is 0 Å². The van der Waals surface area contributed by atoms with Crippen molar-refractivity contribution in [1.29, 1.82) is 5.26 Å². The molecule has 4 heteroatoms. The van der Waals surface area contributed by atoms with Crippen molar-refractivity contribution in [2.45, 2.75) is 25.2 Å². The van der Waals surface area contributed by atoms with E-state index in [2.05, 4.69) is 11.0 Å². The molecule has 2 unspecified atom stereocenters. The molecule has 0 aromatic carbocycles. The second-order valence-electron chi connectivity index (χ2n) is 4.37. The second-order valence-corrected chi connectivity index (χ2v) is 4.37. The molecular weight excluding hydrogens is 186 g/mol. The number of likely N-dealkylation sites (tertiary alicyclic amines) is 1. The lowest BCUT2D eigenvalue weighted by Crippen LogP contribution is -2.22. The Balaban J connectivity index is 1.66. The molecule has 0 spiro atoms. The number of hydrogen-bond acceptors (Lipinski definition) is 2. The summed E-state index contributed by atoms with van der Waals surface area (Å²) in [5, 5.41) is 8.66. The third-order valence-electron chi connectivity index (χ3n) is 3.20. The molecule has 0 radical (unpaired) electrons. The van der Waals surface area contributed by atoms with Crippen LogP contribution in [0.3, 0.4) is 0 Å². The number of nitrogens with zero attached hydrogens (tertiary/aromatic N) is 2. The quantitative estimate of drug-likeness (QED) is 0.695. The van der Waals surface area contributed by atoms with Gasteiger partial charge < -0.3 is 4.90 Å². The van der Waals surface area contributed by atoms with E-state index >= 15 is 0 Å². The van der Waals surface area contributed by atoms with Crippen molar-refractivity contribution < 1.29 is 8.78 Å². The second kappa shape index (κ2) is 3.47. The SMILES string of the molecule is N#CC1CCN(CCC2CC2(F)F)C1. The Bertz CT molecular complexity index is 259. The van der Waals surface area contributed by atoms with E-state index in [0.717, 1.165) is 26.1 Å². The lowest BCUT2D eigenvalue weighted by molar-refractivity contribution is 0.0944. The normalized spacial score (nSPS) is 35.5. The Kier molecular flexibility index (Phi) is 2.44. The monoisotopic (exact) mass is 200 g/mol. The van der Waals surface area contributed by atoms with Gasteiger partial charge in [-0.2, -0.15) is 5.26 Å². The maximum Gasteiger partial charge on any atom is 0.251 e. The predicted molar refractivity (Wildman–Crippen MR) is 47.8 cm³/mol. The summed E-state index contributed by atoms with van der Waals surface area (Å²) >= 11 is 0. The molecule has 0 aromatic rings. The summed E-state index contributed by atoms with van der Waals surface area (Å²) in [6, 6.07) is 2.22. The Morgan fingerprint density at radius 2 is 2.21 bits per heavy atom. The van der Waals surface area contributed by atoms with Crippen molar-refractivity contribution in [3.8, 4) is 6.07 Å². The molecule has 0 aromatic heterocycles. The van der Waals surface area contributed by atoms with E-state index < -0.39 is 5.92 Å². The number of rotatable bonds is 3. The summed E-state index contributed by atoms with van der Waals surface area (Å²) in [5.41, 5.74) is 0. The van der Waals surface area contributed by atoms with Crippen molar-refractivity contribution in [3.63, 3.8) is 0 Å². The molecule has 2 rings (SSSR count). The first kappa shape index (κ1) is 9.85. The molecule has 1 aliphatic carbocycles. The largest absolute Gasteiger partial charge is 0.302 e. The minimum atomic E-state index is -2.38. The van der Waals surface area contributed by atoms with E-state index in [1.54, 1.807) is 0 Å². The molecule has 0 amide bonds. The highest BCUT2D eigenvalue weighted by Gasteiger charge is 2.56. The average molecular weight is 200 g/mol. The fraction of sp³-hybridized carbons (Fsp3) is 0.900. The number of alkyl halides is 2. The van der Waals surface area contributed by atoms with Gasteiger partial charge in [0.1, 0.15) is 0 Å². The molecule has 0 bridgehead atoms. The number of nitriles is 1. The lowest BCUT2D eigenvalue weighted by Gasteiger charge is -2.13. The average Bonchev–Trinajstić information content (AvgIpc) is 2.62. The molecule has 78 valence electrons. The van der Waals surface area contributed by atoms with Crippen molar-refractivity contribution in [1.82, 2.24) is 4.90 Å². The first-order valence-corrected chi connectivity index (χ1v) is 5.11. The molecule has 14 heavy (non-hydrogen) atoms. The van der Waals surface area contributed by atoms with Gasteiger partial charge in [-0.1, -0.05) is 0 Å². The molecule has 1 saturated carbocycles. The lowest BCUT2D eigenvalue weighted by atomic mass is 10.1. The standard InChI is InChI=1S/C10H14F2N2/c11-10(12)5-9(10)2-4-14-3-1-8(6-13)7-14/h8-9H,1-5,7H2. The number of hydrogen-bond donors (Lipinski definition) is 0. The van der Waals surface area contributed by atoms with Crippen LogP contribution in [0.1, 0.15) is 19.3 Å². The highest BCUT2D eigenvalue weighted by molar-refractivity contribution is 4.96. The van der Waals surface area contributed by atoms with Gasteiger partial charge in [-0.3, -0.25) is 0 Å². The van der Waals surface area contributed by atoms with Crippen LogP contribution in [0.5, 0.6) is 0 Å². The summed E-state index contributed by atoms with van der Waals surface area (Å²) in [6.45, 7) is 2.41. The first-order valence-electron chi connectivity index (χ1n) is 5.11. The van der Waals surface area contributed by atoms with Crippen LogP contribution in [0.25, 0.3) is 0 Å². The first-order chi connectivity index (χ1) is 6.62. The van der Waals surface area contributed by atoms with Gasteiger partial charge in [-0.15, -0.1) is 0 Å². The molecule has 1 saturated heterocycles. The Hall–Kier alpha value is -0.690. The van der Waals surface area contributed by atoms with Crippen LogP contribution in [0.4, 0.5) is 8.78 Å². The Labute approximate surface area is 82.5 Å². The summed E-state index contributed by atoms with van der Waals surface area (Å²) in [7, 11) is 0. The minimum absolute atomic E-state index is 0.0719. The van der Waals surface area contributed by atoms with Crippen LogP contribution in [-0.2, 0) is 0 Å². The van der Waals surface area contributed by atoms with E-state index in [0.29, 0.717) is 6.42 Å². The van der Waals surface area contributed by atoms with Gasteiger partial charge in [0.25, 0.3) is 5.92 Å². The van der Waals surface area contributed by atoms with E-state index in [-0.39, 0.29) is 18.3 Å². The summed E-state index contributed by atoms with van der Waals surface area (Å²) < 4.78 is 25.1. The molecule has 1 aliphatic heterocycles. The molecule has 1 heterocycles. The zero-order valence-corrected chi connectivity index (χ0v) is 8.05. The van der Waals surface area contributed by atoms with Gasteiger partial charge in [-0.05, 0) is 25.9 Å². The van der Waals surface area contributed by atoms with E-state index in [4.69, 9.17) is 5.26 Å². The van der Waals surface area contributed by atoms with Gasteiger partial charge in [0.2, 0.25) is 0 Å². The highest BCUT2D eigenvalue weighted by Crippen LogP contribution is 2.50. The molecule has 2 atom stereocenters. The van der Waals surface area contributed by atoms with Gasteiger partial charge in [0, 0.05) is 18.9 Å². The van der Waals surface area contributed by atoms with E-state index in [9.17, 15) is 8.78 Å². The predicted octanol–water partition coefficient (Wildman–Crippen LogP) is 1.88. The summed E-state index contributed by atoms with van der Waals surface area (Å²) in [4.78, 5) is 2.13. The van der Waals surface area contributed by atoms with Gasteiger partial charge >= 0.3 is 0 Å². The third-order valence-corrected chi connectivity index (χ3v) is 3.20. The molecule has 2 aliphatic rings.